The van der Waals surface area contributed by atoms with E-state index in [9.17, 15) is 0 Å². The Morgan fingerprint density at radius 1 is 1.13 bits per heavy atom. The molecule has 1 aromatic rings. The van der Waals surface area contributed by atoms with E-state index in [-0.39, 0.29) is 0 Å². The maximum Gasteiger partial charge on any atom is 0.133 e. The van der Waals surface area contributed by atoms with Gasteiger partial charge in [-0.25, -0.2) is 0 Å². The van der Waals surface area contributed by atoms with Crippen molar-refractivity contribution < 1.29 is 0 Å². The van der Waals surface area contributed by atoms with E-state index in [0.29, 0.717) is 0 Å². The van der Waals surface area contributed by atoms with Crippen molar-refractivity contribution in [3.05, 3.63) is 11.6 Å². The molecular weight excluding hydrogens is 188 g/mol. The molecule has 0 radical (unpaired) electrons. The van der Waals surface area contributed by atoms with Gasteiger partial charge < -0.3 is 10.3 Å². The summed E-state index contributed by atoms with van der Waals surface area (Å²) < 4.78 is 2.29. The van der Waals surface area contributed by atoms with Crippen LogP contribution in [0.5, 0.6) is 0 Å². The zero-order chi connectivity index (χ0) is 10.5. The van der Waals surface area contributed by atoms with Gasteiger partial charge >= 0.3 is 0 Å². The average Bonchev–Trinajstić information content (AvgIpc) is 2.81. The lowest BCUT2D eigenvalue weighted by molar-refractivity contribution is 0.609. The van der Waals surface area contributed by atoms with Crippen LogP contribution in [0, 0.1) is 0 Å². The standard InChI is InChI=1S/C11H20N4/c12-8-4-2-1-3-6-10-13-14-11-7-5-9-15(10)11/h1-9,12H2. The first-order valence-electron chi connectivity index (χ1n) is 6.03. The fraction of sp³-hybridized carbons (Fsp3) is 0.818. The summed E-state index contributed by atoms with van der Waals surface area (Å²) in [6.07, 6.45) is 8.32. The van der Waals surface area contributed by atoms with Crippen LogP contribution in [0.3, 0.4) is 0 Å². The molecule has 15 heavy (non-hydrogen) atoms. The Morgan fingerprint density at radius 2 is 2.00 bits per heavy atom. The number of aromatic nitrogens is 3. The normalized spacial score (nSPS) is 14.5. The van der Waals surface area contributed by atoms with Gasteiger partial charge in [0, 0.05) is 19.4 Å². The second-order valence-electron chi connectivity index (χ2n) is 4.24. The average molecular weight is 208 g/mol. The fourth-order valence-electron chi connectivity index (χ4n) is 2.18. The van der Waals surface area contributed by atoms with Crippen LogP contribution in [0.15, 0.2) is 0 Å². The minimum absolute atomic E-state index is 0.820. The summed E-state index contributed by atoms with van der Waals surface area (Å²) in [4.78, 5) is 0. The Hall–Kier alpha value is -0.900. The van der Waals surface area contributed by atoms with E-state index in [1.807, 2.05) is 0 Å². The predicted octanol–water partition coefficient (Wildman–Crippen LogP) is 1.29. The lowest BCUT2D eigenvalue weighted by atomic mass is 10.1. The predicted molar refractivity (Wildman–Crippen MR) is 59.6 cm³/mol. The van der Waals surface area contributed by atoms with Gasteiger partial charge in [-0.2, -0.15) is 0 Å². The summed E-state index contributed by atoms with van der Waals surface area (Å²) in [7, 11) is 0. The van der Waals surface area contributed by atoms with E-state index in [0.717, 1.165) is 32.4 Å². The number of hydrogen-bond acceptors (Lipinski definition) is 3. The molecule has 0 atom stereocenters. The second-order valence-corrected chi connectivity index (χ2v) is 4.24. The minimum atomic E-state index is 0.820. The third kappa shape index (κ3) is 2.56. The van der Waals surface area contributed by atoms with Gasteiger partial charge in [-0.15, -0.1) is 10.2 Å². The Morgan fingerprint density at radius 3 is 2.87 bits per heavy atom. The molecule has 2 N–H and O–H groups in total. The van der Waals surface area contributed by atoms with Gasteiger partial charge in [-0.3, -0.25) is 0 Å². The largest absolute Gasteiger partial charge is 0.330 e. The monoisotopic (exact) mass is 208 g/mol. The zero-order valence-electron chi connectivity index (χ0n) is 9.28. The third-order valence-electron chi connectivity index (χ3n) is 3.04. The topological polar surface area (TPSA) is 56.7 Å². The molecule has 0 amide bonds. The molecule has 1 aromatic heterocycles. The van der Waals surface area contributed by atoms with Crippen LogP contribution in [0.25, 0.3) is 0 Å². The molecule has 0 aromatic carbocycles. The van der Waals surface area contributed by atoms with Crippen molar-refractivity contribution in [2.75, 3.05) is 6.54 Å². The van der Waals surface area contributed by atoms with E-state index in [1.165, 1.54) is 37.3 Å². The first kappa shape index (κ1) is 10.6. The Kier molecular flexibility index (Phi) is 3.72. The summed E-state index contributed by atoms with van der Waals surface area (Å²) in [6.45, 7) is 1.95. The van der Waals surface area contributed by atoms with Crippen LogP contribution >= 0.6 is 0 Å². The summed E-state index contributed by atoms with van der Waals surface area (Å²) in [5.74, 6) is 2.38. The highest BCUT2D eigenvalue weighted by atomic mass is 15.3. The van der Waals surface area contributed by atoms with Crippen molar-refractivity contribution in [3.8, 4) is 0 Å². The summed E-state index contributed by atoms with van der Waals surface area (Å²) in [6, 6.07) is 0. The molecule has 1 aliphatic rings. The van der Waals surface area contributed by atoms with Crippen molar-refractivity contribution in [1.82, 2.24) is 14.8 Å². The van der Waals surface area contributed by atoms with Gasteiger partial charge in [0.1, 0.15) is 11.6 Å². The van der Waals surface area contributed by atoms with Gasteiger partial charge in [-0.1, -0.05) is 12.8 Å². The summed E-state index contributed by atoms with van der Waals surface area (Å²) in [5, 5.41) is 8.45. The maximum absolute atomic E-state index is 5.45. The number of aryl methyl sites for hydroxylation is 2. The summed E-state index contributed by atoms with van der Waals surface area (Å²) >= 11 is 0. The van der Waals surface area contributed by atoms with Crippen LogP contribution in [0.4, 0.5) is 0 Å². The number of nitrogens with two attached hydrogens (primary N) is 1. The van der Waals surface area contributed by atoms with Gasteiger partial charge in [0.15, 0.2) is 0 Å². The molecule has 84 valence electrons. The molecule has 0 fully saturated rings. The Bertz CT molecular complexity index is 306. The van der Waals surface area contributed by atoms with Crippen molar-refractivity contribution >= 4 is 0 Å². The molecule has 0 aliphatic carbocycles. The number of nitrogens with zero attached hydrogens (tertiary/aromatic N) is 3. The number of hydrogen-bond donors (Lipinski definition) is 1. The highest BCUT2D eigenvalue weighted by Gasteiger charge is 2.16. The van der Waals surface area contributed by atoms with Gasteiger partial charge in [0.2, 0.25) is 0 Å². The molecule has 1 aliphatic heterocycles. The van der Waals surface area contributed by atoms with Crippen molar-refractivity contribution in [3.63, 3.8) is 0 Å². The molecule has 0 bridgehead atoms. The number of fused-ring (bicyclic) bond motifs is 1. The lowest BCUT2D eigenvalue weighted by Gasteiger charge is -2.02. The first-order chi connectivity index (χ1) is 7.42. The van der Waals surface area contributed by atoms with Crippen LogP contribution in [0.1, 0.15) is 43.8 Å². The second kappa shape index (κ2) is 5.26. The lowest BCUT2D eigenvalue weighted by Crippen LogP contribution is -2.01. The van der Waals surface area contributed by atoms with E-state index in [1.54, 1.807) is 0 Å². The fourth-order valence-corrected chi connectivity index (χ4v) is 2.18. The van der Waals surface area contributed by atoms with Gasteiger partial charge in [0.25, 0.3) is 0 Å². The Balaban J connectivity index is 1.74. The van der Waals surface area contributed by atoms with E-state index in [2.05, 4.69) is 14.8 Å². The highest BCUT2D eigenvalue weighted by molar-refractivity contribution is 5.00. The molecule has 0 unspecified atom stereocenters. The zero-order valence-corrected chi connectivity index (χ0v) is 9.28. The molecule has 0 saturated carbocycles. The number of unbranched alkanes of at least 4 members (excludes halogenated alkanes) is 3. The molecule has 4 heteroatoms. The van der Waals surface area contributed by atoms with Crippen LogP contribution in [-0.4, -0.2) is 21.3 Å². The molecule has 0 spiro atoms. The molecule has 0 saturated heterocycles. The minimum Gasteiger partial charge on any atom is -0.330 e. The molecule has 2 heterocycles. The van der Waals surface area contributed by atoms with Crippen molar-refractivity contribution in [2.24, 2.45) is 5.73 Å². The molecule has 2 rings (SSSR count). The van der Waals surface area contributed by atoms with E-state index < -0.39 is 0 Å². The van der Waals surface area contributed by atoms with Gasteiger partial charge in [-0.05, 0) is 25.8 Å². The number of rotatable bonds is 6. The maximum atomic E-state index is 5.45. The van der Waals surface area contributed by atoms with Crippen molar-refractivity contribution in [1.29, 1.82) is 0 Å². The van der Waals surface area contributed by atoms with Crippen LogP contribution in [-0.2, 0) is 19.4 Å². The molecular formula is C11H20N4. The van der Waals surface area contributed by atoms with Crippen LogP contribution < -0.4 is 5.73 Å². The SMILES string of the molecule is NCCCCCCc1nnc2n1CCC2. The molecule has 4 nitrogen and oxygen atoms in total. The summed E-state index contributed by atoms with van der Waals surface area (Å²) in [5.41, 5.74) is 5.45. The van der Waals surface area contributed by atoms with Gasteiger partial charge in [0.05, 0.1) is 0 Å². The highest BCUT2D eigenvalue weighted by Crippen LogP contribution is 2.15. The Labute approximate surface area is 90.9 Å². The van der Waals surface area contributed by atoms with E-state index in [4.69, 9.17) is 5.73 Å². The third-order valence-corrected chi connectivity index (χ3v) is 3.04. The smallest absolute Gasteiger partial charge is 0.133 e. The first-order valence-corrected chi connectivity index (χ1v) is 6.03. The van der Waals surface area contributed by atoms with Crippen molar-refractivity contribution in [2.45, 2.75) is 51.5 Å². The quantitative estimate of drug-likeness (QED) is 0.717. The van der Waals surface area contributed by atoms with Crippen LogP contribution in [0.2, 0.25) is 0 Å². The van der Waals surface area contributed by atoms with E-state index >= 15 is 0 Å².